The smallest absolute Gasteiger partial charge is 0.120 e. The molecule has 2 heterocycles. The van der Waals surface area contributed by atoms with Crippen LogP contribution in [0.5, 0.6) is 5.75 Å². The number of hydrogen-bond acceptors (Lipinski definition) is 2. The second kappa shape index (κ2) is 4.08. The third kappa shape index (κ3) is 1.91. The zero-order valence-electron chi connectivity index (χ0n) is 10.4. The highest BCUT2D eigenvalue weighted by Crippen LogP contribution is 2.25. The highest BCUT2D eigenvalue weighted by atomic mass is 16.5. The van der Waals surface area contributed by atoms with Gasteiger partial charge in [0.15, 0.2) is 0 Å². The number of hydrogen-bond donors (Lipinski definition) is 1. The van der Waals surface area contributed by atoms with Crippen LogP contribution in [-0.4, -0.2) is 24.3 Å². The van der Waals surface area contributed by atoms with Gasteiger partial charge in [0.1, 0.15) is 5.75 Å². The molecule has 3 heteroatoms. The van der Waals surface area contributed by atoms with Crippen LogP contribution in [0.25, 0.3) is 10.9 Å². The van der Waals surface area contributed by atoms with Crippen LogP contribution in [0.3, 0.4) is 0 Å². The van der Waals surface area contributed by atoms with Crippen LogP contribution in [0.2, 0.25) is 0 Å². The first kappa shape index (κ1) is 10.7. The van der Waals surface area contributed by atoms with Crippen molar-refractivity contribution in [3.05, 3.63) is 30.0 Å². The van der Waals surface area contributed by atoms with Crippen LogP contribution in [0, 0.1) is 12.8 Å². The quantitative estimate of drug-likeness (QED) is 0.873. The van der Waals surface area contributed by atoms with E-state index in [9.17, 15) is 0 Å². The molecule has 0 unspecified atom stereocenters. The van der Waals surface area contributed by atoms with Crippen LogP contribution in [-0.2, 0) is 7.05 Å². The van der Waals surface area contributed by atoms with Crippen LogP contribution in [0.1, 0.15) is 5.56 Å². The summed E-state index contributed by atoms with van der Waals surface area (Å²) in [6, 6.07) is 6.35. The van der Waals surface area contributed by atoms with Crippen molar-refractivity contribution in [3.63, 3.8) is 0 Å². The second-order valence-electron chi connectivity index (χ2n) is 4.94. The number of fused-ring (bicyclic) bond motifs is 1. The fourth-order valence-electron chi connectivity index (χ4n) is 2.34. The molecule has 0 atom stereocenters. The molecule has 2 aromatic rings. The van der Waals surface area contributed by atoms with Crippen molar-refractivity contribution in [2.75, 3.05) is 19.7 Å². The van der Waals surface area contributed by atoms with E-state index in [0.29, 0.717) is 5.92 Å². The molecule has 17 heavy (non-hydrogen) atoms. The van der Waals surface area contributed by atoms with Gasteiger partial charge >= 0.3 is 0 Å². The fourth-order valence-corrected chi connectivity index (χ4v) is 2.34. The van der Waals surface area contributed by atoms with Crippen LogP contribution in [0.15, 0.2) is 24.4 Å². The van der Waals surface area contributed by atoms with E-state index in [1.807, 2.05) is 0 Å². The molecule has 1 aliphatic rings. The minimum Gasteiger partial charge on any atom is -0.493 e. The van der Waals surface area contributed by atoms with Crippen LogP contribution in [0.4, 0.5) is 0 Å². The molecule has 90 valence electrons. The van der Waals surface area contributed by atoms with Gasteiger partial charge in [-0.2, -0.15) is 0 Å². The highest BCUT2D eigenvalue weighted by molar-refractivity contribution is 5.85. The summed E-state index contributed by atoms with van der Waals surface area (Å²) in [6.45, 7) is 5.14. The van der Waals surface area contributed by atoms with Crippen molar-refractivity contribution in [1.29, 1.82) is 0 Å². The Bertz CT molecular complexity index is 540. The number of aryl methyl sites for hydroxylation is 2. The number of nitrogens with one attached hydrogen (secondary N) is 1. The standard InChI is InChI=1S/C14H18N2O/c1-10-8-16(2)14-4-3-12(5-13(10)14)17-9-11-6-15-7-11/h3-5,8,11,15H,6-7,9H2,1-2H3. The molecule has 0 spiro atoms. The van der Waals surface area contributed by atoms with E-state index in [-0.39, 0.29) is 0 Å². The van der Waals surface area contributed by atoms with Crippen molar-refractivity contribution in [2.24, 2.45) is 13.0 Å². The molecule has 1 aromatic heterocycles. The fraction of sp³-hybridized carbons (Fsp3) is 0.429. The van der Waals surface area contributed by atoms with E-state index in [1.54, 1.807) is 0 Å². The monoisotopic (exact) mass is 230 g/mol. The maximum absolute atomic E-state index is 5.83. The summed E-state index contributed by atoms with van der Waals surface area (Å²) in [5.74, 6) is 1.67. The molecule has 0 radical (unpaired) electrons. The van der Waals surface area contributed by atoms with Crippen molar-refractivity contribution >= 4 is 10.9 Å². The lowest BCUT2D eigenvalue weighted by atomic mass is 10.1. The third-order valence-electron chi connectivity index (χ3n) is 3.51. The average Bonchev–Trinajstić information content (AvgIpc) is 2.53. The van der Waals surface area contributed by atoms with Gasteiger partial charge in [0.25, 0.3) is 0 Å². The van der Waals surface area contributed by atoms with Crippen LogP contribution >= 0.6 is 0 Å². The molecule has 1 saturated heterocycles. The topological polar surface area (TPSA) is 26.2 Å². The Morgan fingerprint density at radius 1 is 1.41 bits per heavy atom. The number of rotatable bonds is 3. The van der Waals surface area contributed by atoms with E-state index in [1.165, 1.54) is 16.5 Å². The van der Waals surface area contributed by atoms with E-state index in [4.69, 9.17) is 4.74 Å². The lowest BCUT2D eigenvalue weighted by molar-refractivity contribution is 0.199. The SMILES string of the molecule is Cc1cn(C)c2ccc(OCC3CNC3)cc12. The maximum atomic E-state index is 5.83. The molecule has 1 fully saturated rings. The number of nitrogens with zero attached hydrogens (tertiary/aromatic N) is 1. The molecule has 0 bridgehead atoms. The first-order valence-electron chi connectivity index (χ1n) is 6.13. The van der Waals surface area contributed by atoms with Gasteiger partial charge in [0.2, 0.25) is 0 Å². The average molecular weight is 230 g/mol. The van der Waals surface area contributed by atoms with E-state index in [2.05, 4.69) is 48.3 Å². The second-order valence-corrected chi connectivity index (χ2v) is 4.94. The molecule has 0 saturated carbocycles. The third-order valence-corrected chi connectivity index (χ3v) is 3.51. The van der Waals surface area contributed by atoms with Gasteiger partial charge in [-0.25, -0.2) is 0 Å². The summed E-state index contributed by atoms with van der Waals surface area (Å²) in [7, 11) is 2.08. The largest absolute Gasteiger partial charge is 0.493 e. The number of benzene rings is 1. The predicted octanol–water partition coefficient (Wildman–Crippen LogP) is 2.08. The first-order valence-corrected chi connectivity index (χ1v) is 6.13. The minimum absolute atomic E-state index is 0.683. The molecule has 3 nitrogen and oxygen atoms in total. The summed E-state index contributed by atoms with van der Waals surface area (Å²) in [6.07, 6.45) is 2.16. The van der Waals surface area contributed by atoms with Crippen molar-refractivity contribution < 1.29 is 4.74 Å². The van der Waals surface area contributed by atoms with Crippen molar-refractivity contribution in [1.82, 2.24) is 9.88 Å². The van der Waals surface area contributed by atoms with Gasteiger partial charge in [0.05, 0.1) is 6.61 Å². The summed E-state index contributed by atoms with van der Waals surface area (Å²) < 4.78 is 7.99. The van der Waals surface area contributed by atoms with Gasteiger partial charge in [-0.15, -0.1) is 0 Å². The number of aromatic nitrogens is 1. The van der Waals surface area contributed by atoms with Gasteiger partial charge in [-0.05, 0) is 30.7 Å². The molecule has 1 N–H and O–H groups in total. The highest BCUT2D eigenvalue weighted by Gasteiger charge is 2.17. The Morgan fingerprint density at radius 2 is 2.24 bits per heavy atom. The van der Waals surface area contributed by atoms with Crippen molar-refractivity contribution in [3.8, 4) is 5.75 Å². The summed E-state index contributed by atoms with van der Waals surface area (Å²) >= 11 is 0. The minimum atomic E-state index is 0.683. The van der Waals surface area contributed by atoms with Gasteiger partial charge in [-0.1, -0.05) is 0 Å². The van der Waals surface area contributed by atoms with E-state index in [0.717, 1.165) is 25.4 Å². The van der Waals surface area contributed by atoms with Gasteiger partial charge < -0.3 is 14.6 Å². The Kier molecular flexibility index (Phi) is 2.56. The molecule has 0 amide bonds. The number of ether oxygens (including phenoxy) is 1. The van der Waals surface area contributed by atoms with Crippen molar-refractivity contribution in [2.45, 2.75) is 6.92 Å². The summed E-state index contributed by atoms with van der Waals surface area (Å²) in [5, 5.41) is 4.54. The Labute approximate surface area is 101 Å². The molecule has 1 aliphatic heterocycles. The Morgan fingerprint density at radius 3 is 2.94 bits per heavy atom. The summed E-state index contributed by atoms with van der Waals surface area (Å²) in [5.41, 5.74) is 2.57. The lowest BCUT2D eigenvalue weighted by Crippen LogP contribution is -2.45. The Balaban J connectivity index is 1.82. The molecular formula is C14H18N2O. The summed E-state index contributed by atoms with van der Waals surface area (Å²) in [4.78, 5) is 0. The zero-order valence-corrected chi connectivity index (χ0v) is 10.4. The van der Waals surface area contributed by atoms with E-state index >= 15 is 0 Å². The molecule has 1 aromatic carbocycles. The first-order chi connectivity index (χ1) is 8.24. The predicted molar refractivity (Wildman–Crippen MR) is 69.5 cm³/mol. The normalized spacial score (nSPS) is 16.1. The molecular weight excluding hydrogens is 212 g/mol. The van der Waals surface area contributed by atoms with Gasteiger partial charge in [-0.3, -0.25) is 0 Å². The van der Waals surface area contributed by atoms with Crippen LogP contribution < -0.4 is 10.1 Å². The zero-order chi connectivity index (χ0) is 11.8. The molecule has 3 rings (SSSR count). The van der Waals surface area contributed by atoms with E-state index < -0.39 is 0 Å². The molecule has 0 aliphatic carbocycles. The Hall–Kier alpha value is -1.48. The van der Waals surface area contributed by atoms with Gasteiger partial charge in [0, 0.05) is 43.2 Å². The maximum Gasteiger partial charge on any atom is 0.120 e. The lowest BCUT2D eigenvalue weighted by Gasteiger charge is -2.26.